The van der Waals surface area contributed by atoms with Crippen molar-refractivity contribution in [3.05, 3.63) is 59.9 Å². The second kappa shape index (κ2) is 4.93. The molecule has 0 amide bonds. The van der Waals surface area contributed by atoms with Gasteiger partial charge in [-0.05, 0) is 49.2 Å². The Hall–Kier alpha value is -2.27. The molecule has 0 aliphatic heterocycles. The summed E-state index contributed by atoms with van der Waals surface area (Å²) >= 11 is 0. The molecule has 0 aliphatic carbocycles. The molecule has 108 valence electrons. The van der Waals surface area contributed by atoms with E-state index in [2.05, 4.69) is 4.72 Å². The smallest absolute Gasteiger partial charge is 0.265 e. The largest absolute Gasteiger partial charge is 0.463 e. The molecule has 3 aromatic rings. The number of nitrogens with one attached hydrogen (secondary N) is 1. The fourth-order valence-electron chi connectivity index (χ4n) is 2.41. The molecule has 0 bridgehead atoms. The van der Waals surface area contributed by atoms with Gasteiger partial charge in [-0.25, -0.2) is 8.42 Å². The third-order valence-corrected chi connectivity index (χ3v) is 4.61. The summed E-state index contributed by atoms with van der Waals surface area (Å²) in [4.78, 5) is 0.150. The van der Waals surface area contributed by atoms with Crippen LogP contribution in [-0.4, -0.2) is 8.42 Å². The molecule has 0 fully saturated rings. The van der Waals surface area contributed by atoms with E-state index in [0.717, 1.165) is 11.1 Å². The molecule has 0 atom stereocenters. The maximum Gasteiger partial charge on any atom is 0.265 e. The van der Waals surface area contributed by atoms with Gasteiger partial charge in [0.1, 0.15) is 16.7 Å². The van der Waals surface area contributed by atoms with Crippen molar-refractivity contribution in [1.82, 2.24) is 0 Å². The van der Waals surface area contributed by atoms with Crippen LogP contribution in [0.2, 0.25) is 0 Å². The lowest BCUT2D eigenvalue weighted by molar-refractivity contribution is 0.587. The lowest BCUT2D eigenvalue weighted by Gasteiger charge is -2.08. The van der Waals surface area contributed by atoms with E-state index in [4.69, 9.17) is 4.42 Å². The molecule has 0 saturated carbocycles. The number of para-hydroxylation sites is 1. The molecule has 0 saturated heterocycles. The van der Waals surface area contributed by atoms with Crippen LogP contribution in [0.25, 0.3) is 11.0 Å². The summed E-state index contributed by atoms with van der Waals surface area (Å²) in [6.07, 6.45) is 1.27. The van der Waals surface area contributed by atoms with Gasteiger partial charge in [0.15, 0.2) is 0 Å². The van der Waals surface area contributed by atoms with E-state index < -0.39 is 10.0 Å². The quantitative estimate of drug-likeness (QED) is 0.799. The Balaban J connectivity index is 2.04. The third-order valence-electron chi connectivity index (χ3n) is 3.21. The summed E-state index contributed by atoms with van der Waals surface area (Å²) in [5, 5.41) is 0.578. The van der Waals surface area contributed by atoms with Crippen molar-refractivity contribution < 1.29 is 12.8 Å². The predicted molar refractivity (Wildman–Crippen MR) is 82.9 cm³/mol. The van der Waals surface area contributed by atoms with E-state index in [1.807, 2.05) is 19.9 Å². The van der Waals surface area contributed by atoms with Gasteiger partial charge in [-0.1, -0.05) is 18.2 Å². The van der Waals surface area contributed by atoms with Crippen LogP contribution in [-0.2, 0) is 10.0 Å². The number of benzene rings is 2. The highest BCUT2D eigenvalue weighted by Crippen LogP contribution is 2.27. The van der Waals surface area contributed by atoms with Crippen LogP contribution >= 0.6 is 0 Å². The average molecular weight is 301 g/mol. The van der Waals surface area contributed by atoms with Crippen LogP contribution in [0.1, 0.15) is 11.1 Å². The van der Waals surface area contributed by atoms with E-state index in [1.165, 1.54) is 6.26 Å². The van der Waals surface area contributed by atoms with Gasteiger partial charge in [-0.15, -0.1) is 0 Å². The summed E-state index contributed by atoms with van der Waals surface area (Å²) in [6, 6.07) is 12.7. The van der Waals surface area contributed by atoms with Gasteiger partial charge < -0.3 is 4.42 Å². The Morgan fingerprint density at radius 2 is 1.67 bits per heavy atom. The molecule has 2 aromatic carbocycles. The van der Waals surface area contributed by atoms with E-state index >= 15 is 0 Å². The SMILES string of the molecule is Cc1cc(C)cc(NS(=O)(=O)c2coc3ccccc23)c1. The molecular formula is C16H15NO3S. The Morgan fingerprint density at radius 3 is 2.38 bits per heavy atom. The molecule has 0 unspecified atom stereocenters. The first-order valence-corrected chi connectivity index (χ1v) is 8.01. The maximum absolute atomic E-state index is 12.5. The number of sulfonamides is 1. The second-order valence-corrected chi connectivity index (χ2v) is 6.73. The molecule has 0 spiro atoms. The fourth-order valence-corrected chi connectivity index (χ4v) is 3.58. The Labute approximate surface area is 123 Å². The van der Waals surface area contributed by atoms with Gasteiger partial charge in [0.25, 0.3) is 10.0 Å². The summed E-state index contributed by atoms with van der Waals surface area (Å²) in [5.74, 6) is 0. The van der Waals surface area contributed by atoms with Gasteiger partial charge >= 0.3 is 0 Å². The van der Waals surface area contributed by atoms with E-state index in [0.29, 0.717) is 16.7 Å². The lowest BCUT2D eigenvalue weighted by atomic mass is 10.1. The van der Waals surface area contributed by atoms with Crippen molar-refractivity contribution in [2.75, 3.05) is 4.72 Å². The summed E-state index contributed by atoms with van der Waals surface area (Å²) < 4.78 is 33.0. The Bertz CT molecular complexity index is 890. The molecule has 4 nitrogen and oxygen atoms in total. The molecule has 0 aliphatic rings. The number of aryl methyl sites for hydroxylation is 2. The molecule has 1 heterocycles. The monoisotopic (exact) mass is 301 g/mol. The maximum atomic E-state index is 12.5. The zero-order valence-corrected chi connectivity index (χ0v) is 12.6. The topological polar surface area (TPSA) is 59.3 Å². The van der Waals surface area contributed by atoms with Crippen LogP contribution in [0.5, 0.6) is 0 Å². The van der Waals surface area contributed by atoms with Crippen LogP contribution < -0.4 is 4.72 Å². The minimum atomic E-state index is -3.67. The molecule has 21 heavy (non-hydrogen) atoms. The Kier molecular flexibility index (Phi) is 3.22. The molecule has 1 N–H and O–H groups in total. The number of rotatable bonds is 3. The van der Waals surface area contributed by atoms with Crippen LogP contribution in [0.3, 0.4) is 0 Å². The van der Waals surface area contributed by atoms with Crippen LogP contribution in [0.15, 0.2) is 58.0 Å². The normalized spacial score (nSPS) is 11.7. The minimum Gasteiger partial charge on any atom is -0.463 e. The number of fused-ring (bicyclic) bond motifs is 1. The van der Waals surface area contributed by atoms with Crippen molar-refractivity contribution in [2.45, 2.75) is 18.7 Å². The first-order valence-electron chi connectivity index (χ1n) is 6.53. The molecule has 0 radical (unpaired) electrons. The molecular weight excluding hydrogens is 286 g/mol. The summed E-state index contributed by atoms with van der Waals surface area (Å²) in [5.41, 5.74) is 3.12. The lowest BCUT2D eigenvalue weighted by Crippen LogP contribution is -2.12. The Morgan fingerprint density at radius 1 is 1.00 bits per heavy atom. The highest BCUT2D eigenvalue weighted by molar-refractivity contribution is 7.93. The first-order chi connectivity index (χ1) is 9.95. The van der Waals surface area contributed by atoms with Crippen LogP contribution in [0.4, 0.5) is 5.69 Å². The zero-order chi connectivity index (χ0) is 15.0. The predicted octanol–water partition coefficient (Wildman–Crippen LogP) is 3.85. The van der Waals surface area contributed by atoms with Gasteiger partial charge in [-0.3, -0.25) is 4.72 Å². The van der Waals surface area contributed by atoms with E-state index in [9.17, 15) is 8.42 Å². The fraction of sp³-hybridized carbons (Fsp3) is 0.125. The summed E-state index contributed by atoms with van der Waals surface area (Å²) in [6.45, 7) is 3.86. The molecule has 1 aromatic heterocycles. The van der Waals surface area contributed by atoms with Gasteiger partial charge in [0.2, 0.25) is 0 Å². The molecule has 5 heteroatoms. The van der Waals surface area contributed by atoms with Crippen molar-refractivity contribution in [3.8, 4) is 0 Å². The van der Waals surface area contributed by atoms with Crippen LogP contribution in [0, 0.1) is 13.8 Å². The minimum absolute atomic E-state index is 0.150. The van der Waals surface area contributed by atoms with Crippen molar-refractivity contribution in [2.24, 2.45) is 0 Å². The van der Waals surface area contributed by atoms with Crippen molar-refractivity contribution >= 4 is 26.7 Å². The van der Waals surface area contributed by atoms with Gasteiger partial charge in [0.05, 0.1) is 0 Å². The number of hydrogen-bond acceptors (Lipinski definition) is 3. The highest BCUT2D eigenvalue weighted by atomic mass is 32.2. The van der Waals surface area contributed by atoms with Crippen molar-refractivity contribution in [1.29, 1.82) is 0 Å². The number of hydrogen-bond donors (Lipinski definition) is 1. The number of anilines is 1. The zero-order valence-electron chi connectivity index (χ0n) is 11.8. The molecule has 3 rings (SSSR count). The van der Waals surface area contributed by atoms with Crippen molar-refractivity contribution in [3.63, 3.8) is 0 Å². The second-order valence-electron chi connectivity index (χ2n) is 5.08. The average Bonchev–Trinajstić information content (AvgIpc) is 2.81. The third kappa shape index (κ3) is 2.64. The van der Waals surface area contributed by atoms with E-state index in [1.54, 1.807) is 36.4 Å². The first kappa shape index (κ1) is 13.7. The van der Waals surface area contributed by atoms with Gasteiger partial charge in [0, 0.05) is 11.1 Å². The summed E-state index contributed by atoms with van der Waals surface area (Å²) in [7, 11) is -3.67. The van der Waals surface area contributed by atoms with Gasteiger partial charge in [-0.2, -0.15) is 0 Å². The van der Waals surface area contributed by atoms with E-state index in [-0.39, 0.29) is 4.90 Å². The highest BCUT2D eigenvalue weighted by Gasteiger charge is 2.20. The number of furan rings is 1. The standard InChI is InChI=1S/C16H15NO3S/c1-11-7-12(2)9-13(8-11)17-21(18,19)16-10-20-15-6-4-3-5-14(15)16/h3-10,17H,1-2H3.